The van der Waals surface area contributed by atoms with Crippen molar-refractivity contribution in [2.75, 3.05) is 45.9 Å². The summed E-state index contributed by atoms with van der Waals surface area (Å²) in [7, 11) is 0. The van der Waals surface area contributed by atoms with Crippen LogP contribution in [0.3, 0.4) is 0 Å². The molecule has 5 amide bonds. The largest absolute Gasteiger partial charge is 0.508 e. The maximum atomic E-state index is 12.8. The van der Waals surface area contributed by atoms with Crippen molar-refractivity contribution in [2.45, 2.75) is 139 Å². The van der Waals surface area contributed by atoms with Crippen molar-refractivity contribution in [3.8, 4) is 11.5 Å². The Bertz CT molecular complexity index is 2310. The van der Waals surface area contributed by atoms with Crippen molar-refractivity contribution >= 4 is 54.1 Å². The minimum atomic E-state index is -1.70. The summed E-state index contributed by atoms with van der Waals surface area (Å²) in [5.74, 6) is -6.41. The fourth-order valence-corrected chi connectivity index (χ4v) is 8.23. The highest BCUT2D eigenvalue weighted by atomic mass is 16.6. The Morgan fingerprint density at radius 3 is 1.69 bits per heavy atom. The number of carbonyl (C=O) groups is 9. The van der Waals surface area contributed by atoms with Crippen molar-refractivity contribution in [2.24, 2.45) is 0 Å². The first-order valence-corrected chi connectivity index (χ1v) is 25.3. The lowest BCUT2D eigenvalue weighted by Crippen LogP contribution is -2.64. The number of rotatable bonds is 38. The van der Waals surface area contributed by atoms with E-state index in [4.69, 9.17) is 14.6 Å². The van der Waals surface area contributed by atoms with Gasteiger partial charge >= 0.3 is 29.9 Å². The topological polar surface area (TPSA) is 441 Å². The Kier molecular flexibility index (Phi) is 28.8. The van der Waals surface area contributed by atoms with Crippen molar-refractivity contribution in [1.29, 1.82) is 0 Å². The normalized spacial score (nSPS) is 17.8. The molecule has 1 fully saturated rings. The molecule has 0 aliphatic carbocycles. The molecule has 28 heteroatoms. The van der Waals surface area contributed by atoms with Gasteiger partial charge in [0, 0.05) is 82.5 Å². The van der Waals surface area contributed by atoms with E-state index in [1.165, 1.54) is 21.9 Å². The first kappa shape index (κ1) is 65.1. The average Bonchev–Trinajstić information content (AvgIpc) is 3.39. The third-order valence-corrected chi connectivity index (χ3v) is 12.4. The summed E-state index contributed by atoms with van der Waals surface area (Å²) in [6, 6.07) is 5.38. The number of ether oxygens (including phenoxy) is 2. The number of carbonyl (C=O) groups excluding carboxylic acids is 5. The second kappa shape index (κ2) is 34.5. The summed E-state index contributed by atoms with van der Waals surface area (Å²) in [5, 5.41) is 111. The number of urea groups is 1. The zero-order valence-electron chi connectivity index (χ0n) is 43.0. The molecule has 0 bridgehead atoms. The van der Waals surface area contributed by atoms with Gasteiger partial charge in [0.15, 0.2) is 12.5 Å². The molecule has 15 N–H and O–H groups in total. The van der Waals surface area contributed by atoms with E-state index in [2.05, 4.69) is 26.6 Å². The van der Waals surface area contributed by atoms with E-state index in [1.807, 2.05) is 0 Å². The summed E-state index contributed by atoms with van der Waals surface area (Å²) in [6.45, 7) is -1.01. The van der Waals surface area contributed by atoms with E-state index in [0.29, 0.717) is 67.4 Å². The third-order valence-electron chi connectivity index (χ3n) is 12.4. The van der Waals surface area contributed by atoms with Crippen LogP contribution in [0.1, 0.15) is 92.9 Å². The van der Waals surface area contributed by atoms with Crippen LogP contribution < -0.4 is 26.6 Å². The number of benzene rings is 2. The number of phenols is 2. The number of unbranched alkanes of at least 4 members (excludes halogenated alkanes) is 3. The van der Waals surface area contributed by atoms with E-state index in [0.717, 1.165) is 0 Å². The van der Waals surface area contributed by atoms with Crippen LogP contribution in [0.2, 0.25) is 0 Å². The summed E-state index contributed by atoms with van der Waals surface area (Å²) >= 11 is 0. The van der Waals surface area contributed by atoms with Crippen LogP contribution in [-0.4, -0.2) is 204 Å². The minimum absolute atomic E-state index is 0.00598. The van der Waals surface area contributed by atoms with E-state index in [1.54, 1.807) is 24.3 Å². The predicted octanol–water partition coefficient (Wildman–Crippen LogP) is -1.57. The standard InChI is InChI=1S/C50H73N7O21/c58-28-37-46(71)47(72)45(49(75)78-37)54-40(64)16-11-31-9-14-36(61)33(23-31)25-57(27-44(69)70)21-20-56(26-43(67)68)24-32-22-30(8-13-35(32)60)10-15-39(63)52-18-4-1-2-6-38(62)51-19-5-3-7-41(77-29-59)55-50(76)53-34(48(73)74)12-17-42(65)66/h8-9,13-14,22-23,29,34,37,41,45-47,49,58,60-61,71-72,75H,1-7,10-12,15-21,24-28H2,(H,51,62)(H,52,63)(H,54,64)(H,65,66)(H,67,68)(H,69,70)(H,73,74)(H2,53,55,76)/t34-,37?,41+,45?,46+,47-,49?/m0/s1. The van der Waals surface area contributed by atoms with Crippen LogP contribution in [-0.2, 0) is 73.8 Å². The fraction of sp³-hybridized carbons (Fsp3) is 0.580. The van der Waals surface area contributed by atoms with E-state index in [9.17, 15) is 89.1 Å². The molecule has 1 aliphatic rings. The molecule has 0 spiro atoms. The highest BCUT2D eigenvalue weighted by molar-refractivity contribution is 5.83. The van der Waals surface area contributed by atoms with Crippen molar-refractivity contribution in [3.63, 3.8) is 0 Å². The highest BCUT2D eigenvalue weighted by Gasteiger charge is 2.44. The van der Waals surface area contributed by atoms with Gasteiger partial charge in [-0.15, -0.1) is 0 Å². The van der Waals surface area contributed by atoms with Crippen molar-refractivity contribution in [1.82, 2.24) is 36.4 Å². The molecule has 1 heterocycles. The molecule has 2 aromatic carbocycles. The van der Waals surface area contributed by atoms with Gasteiger partial charge in [0.2, 0.25) is 17.7 Å². The molecule has 78 heavy (non-hydrogen) atoms. The number of hydrogen-bond donors (Lipinski definition) is 15. The first-order chi connectivity index (χ1) is 37.1. The Morgan fingerprint density at radius 2 is 1.18 bits per heavy atom. The lowest BCUT2D eigenvalue weighted by molar-refractivity contribution is -0.253. The number of aromatic hydroxyl groups is 2. The van der Waals surface area contributed by atoms with Gasteiger partial charge in [-0.05, 0) is 68.2 Å². The molecule has 0 radical (unpaired) electrons. The Labute approximate surface area is 448 Å². The zero-order chi connectivity index (χ0) is 57.7. The van der Waals surface area contributed by atoms with E-state index >= 15 is 0 Å². The molecule has 28 nitrogen and oxygen atoms in total. The molecule has 1 aliphatic heterocycles. The molecular formula is C50H73N7O21. The number of carboxylic acid groups (broad SMARTS) is 4. The Morgan fingerprint density at radius 1 is 0.641 bits per heavy atom. The van der Waals surface area contributed by atoms with Crippen LogP contribution >= 0.6 is 0 Å². The molecule has 1 saturated heterocycles. The quantitative estimate of drug-likeness (QED) is 0.0205. The molecule has 0 saturated carbocycles. The van der Waals surface area contributed by atoms with Gasteiger partial charge in [-0.3, -0.25) is 43.4 Å². The maximum Gasteiger partial charge on any atom is 0.326 e. The molecular weight excluding hydrogens is 1030 g/mol. The highest BCUT2D eigenvalue weighted by Crippen LogP contribution is 2.24. The van der Waals surface area contributed by atoms with Gasteiger partial charge in [0.25, 0.3) is 6.47 Å². The number of nitrogens with one attached hydrogen (secondary N) is 5. The van der Waals surface area contributed by atoms with Gasteiger partial charge in [0.05, 0.1) is 19.7 Å². The number of carboxylic acids is 4. The maximum absolute atomic E-state index is 12.8. The summed E-state index contributed by atoms with van der Waals surface area (Å²) in [4.78, 5) is 110. The number of nitrogens with zero attached hydrogens (tertiary/aromatic N) is 2. The molecule has 3 rings (SSSR count). The monoisotopic (exact) mass is 1110 g/mol. The third kappa shape index (κ3) is 24.8. The number of aryl methyl sites for hydroxylation is 2. The Balaban J connectivity index is 1.40. The lowest BCUT2D eigenvalue weighted by atomic mass is 9.96. The zero-order valence-corrected chi connectivity index (χ0v) is 43.0. The van der Waals surface area contributed by atoms with Crippen molar-refractivity contribution in [3.05, 3.63) is 58.7 Å². The van der Waals surface area contributed by atoms with Crippen LogP contribution in [0.25, 0.3) is 0 Å². The number of aliphatic carboxylic acids is 4. The molecule has 2 aromatic rings. The summed E-state index contributed by atoms with van der Waals surface area (Å²) in [5.41, 5.74) is 1.91. The Hall–Kier alpha value is -7.21. The number of hydrogen-bond acceptors (Lipinski definition) is 19. The van der Waals surface area contributed by atoms with Gasteiger partial charge in [-0.25, -0.2) is 9.59 Å². The summed E-state index contributed by atoms with van der Waals surface area (Å²) in [6.07, 6.45) is -4.70. The first-order valence-electron chi connectivity index (χ1n) is 25.3. The van der Waals surface area contributed by atoms with Crippen LogP contribution in [0.5, 0.6) is 11.5 Å². The smallest absolute Gasteiger partial charge is 0.326 e. The van der Waals surface area contributed by atoms with Crippen LogP contribution in [0, 0.1) is 0 Å². The van der Waals surface area contributed by atoms with Gasteiger partial charge in [0.1, 0.15) is 41.9 Å². The SMILES string of the molecule is O=CO[C@H](CCCCNC(=O)CCCCCNC(=O)CCc1ccc(O)c(CN(CCN(CC(=O)O)Cc2cc(CCC(=O)NC3C(O)OC(CO)[C@@H](O)[C@H]3O)ccc2O)CC(=O)O)c1)NC(=O)N[C@@H](CCC(=O)O)C(=O)O. The number of aliphatic hydroxyl groups is 4. The van der Waals surface area contributed by atoms with E-state index in [-0.39, 0.29) is 101 Å². The number of phenolic OH excluding ortho intramolecular Hbond substituents is 2. The second-order valence-electron chi connectivity index (χ2n) is 18.6. The summed E-state index contributed by atoms with van der Waals surface area (Å²) < 4.78 is 9.91. The lowest BCUT2D eigenvalue weighted by Gasteiger charge is -2.40. The van der Waals surface area contributed by atoms with Crippen molar-refractivity contribution < 1.29 is 104 Å². The minimum Gasteiger partial charge on any atom is -0.508 e. The van der Waals surface area contributed by atoms with Gasteiger partial charge in [-0.1, -0.05) is 30.7 Å². The predicted molar refractivity (Wildman–Crippen MR) is 270 cm³/mol. The average molecular weight is 1110 g/mol. The van der Waals surface area contributed by atoms with Crippen LogP contribution in [0.15, 0.2) is 36.4 Å². The van der Waals surface area contributed by atoms with Gasteiger partial charge in [-0.2, -0.15) is 0 Å². The molecule has 7 atom stereocenters. The number of amides is 5. The number of aliphatic hydroxyl groups excluding tert-OH is 4. The van der Waals surface area contributed by atoms with E-state index < -0.39 is 105 Å². The fourth-order valence-electron chi connectivity index (χ4n) is 8.23. The van der Waals surface area contributed by atoms with Crippen LogP contribution in [0.4, 0.5) is 4.79 Å². The molecule has 434 valence electrons. The van der Waals surface area contributed by atoms with Gasteiger partial charge < -0.3 is 87.1 Å². The molecule has 3 unspecified atom stereocenters. The second-order valence-corrected chi connectivity index (χ2v) is 18.6. The molecule has 0 aromatic heterocycles.